The topological polar surface area (TPSA) is 114 Å². The third-order valence-corrected chi connectivity index (χ3v) is 5.02. The molecule has 0 aliphatic heterocycles. The summed E-state index contributed by atoms with van der Waals surface area (Å²) in [4.78, 5) is 20.8. The SMILES string of the molecule is CCOC.CN/C(C)=C(\SCN)c1csc(Nc2ccc(NC(C)=O)nc2)n1. The van der Waals surface area contributed by atoms with Crippen LogP contribution in [0.4, 0.5) is 16.6 Å². The van der Waals surface area contributed by atoms with Crippen molar-refractivity contribution in [3.63, 3.8) is 0 Å². The number of amides is 1. The molecule has 0 spiro atoms. The number of anilines is 3. The molecule has 0 aromatic carbocycles. The Morgan fingerprint density at radius 2 is 2.07 bits per heavy atom. The second-order valence-electron chi connectivity index (χ2n) is 5.37. The van der Waals surface area contributed by atoms with Gasteiger partial charge < -0.3 is 26.4 Å². The number of thioether (sulfide) groups is 1. The number of methoxy groups -OCH3 is 1. The summed E-state index contributed by atoms with van der Waals surface area (Å²) < 4.78 is 4.54. The zero-order valence-electron chi connectivity index (χ0n) is 16.8. The number of carbonyl (C=O) groups excluding carboxylic acids is 1. The second-order valence-corrected chi connectivity index (χ2v) is 7.26. The molecule has 5 N–H and O–H groups in total. The van der Waals surface area contributed by atoms with E-state index in [0.717, 1.165) is 33.7 Å². The van der Waals surface area contributed by atoms with Gasteiger partial charge in [0.25, 0.3) is 0 Å². The van der Waals surface area contributed by atoms with E-state index >= 15 is 0 Å². The summed E-state index contributed by atoms with van der Waals surface area (Å²) in [5.74, 6) is 0.856. The number of nitrogens with one attached hydrogen (secondary N) is 3. The Balaban J connectivity index is 0.000000892. The summed E-state index contributed by atoms with van der Waals surface area (Å²) in [6.45, 7) is 6.22. The summed E-state index contributed by atoms with van der Waals surface area (Å²) in [7, 11) is 3.56. The highest BCUT2D eigenvalue weighted by molar-refractivity contribution is 8.08. The summed E-state index contributed by atoms with van der Waals surface area (Å²) in [6, 6.07) is 3.57. The Labute approximate surface area is 174 Å². The molecule has 2 rings (SSSR count). The molecule has 0 radical (unpaired) electrons. The van der Waals surface area contributed by atoms with E-state index in [-0.39, 0.29) is 5.91 Å². The van der Waals surface area contributed by atoms with Crippen LogP contribution in [0.25, 0.3) is 4.91 Å². The maximum atomic E-state index is 11.0. The Kier molecular flexibility index (Phi) is 11.2. The van der Waals surface area contributed by atoms with Crippen molar-refractivity contribution in [1.82, 2.24) is 15.3 Å². The van der Waals surface area contributed by atoms with E-state index in [4.69, 9.17) is 5.73 Å². The molecule has 0 aliphatic rings. The zero-order valence-corrected chi connectivity index (χ0v) is 18.5. The van der Waals surface area contributed by atoms with Crippen LogP contribution in [0.2, 0.25) is 0 Å². The molecule has 8 nitrogen and oxygen atoms in total. The van der Waals surface area contributed by atoms with Gasteiger partial charge in [0, 0.05) is 44.6 Å². The van der Waals surface area contributed by atoms with Crippen LogP contribution >= 0.6 is 23.1 Å². The molecule has 0 saturated carbocycles. The van der Waals surface area contributed by atoms with Gasteiger partial charge in [0.2, 0.25) is 5.91 Å². The molecule has 0 fully saturated rings. The van der Waals surface area contributed by atoms with Gasteiger partial charge in [0.1, 0.15) is 5.82 Å². The van der Waals surface area contributed by atoms with Crippen molar-refractivity contribution in [2.45, 2.75) is 20.8 Å². The molecule has 2 heterocycles. The summed E-state index contributed by atoms with van der Waals surface area (Å²) in [5, 5.41) is 11.7. The number of hydrogen-bond donors (Lipinski definition) is 4. The number of aromatic nitrogens is 2. The lowest BCUT2D eigenvalue weighted by Gasteiger charge is -2.08. The predicted molar refractivity (Wildman–Crippen MR) is 120 cm³/mol. The monoisotopic (exact) mass is 424 g/mol. The van der Waals surface area contributed by atoms with Gasteiger partial charge in [0.05, 0.1) is 22.5 Å². The van der Waals surface area contributed by atoms with Gasteiger partial charge in [-0.3, -0.25) is 4.79 Å². The van der Waals surface area contributed by atoms with E-state index in [9.17, 15) is 4.79 Å². The van der Waals surface area contributed by atoms with Gasteiger partial charge >= 0.3 is 0 Å². The van der Waals surface area contributed by atoms with Gasteiger partial charge in [-0.25, -0.2) is 9.97 Å². The van der Waals surface area contributed by atoms with Crippen molar-refractivity contribution in [3.8, 4) is 0 Å². The number of rotatable bonds is 8. The Bertz CT molecular complexity index is 760. The minimum atomic E-state index is -0.149. The van der Waals surface area contributed by atoms with Crippen molar-refractivity contribution in [2.24, 2.45) is 5.73 Å². The van der Waals surface area contributed by atoms with E-state index in [0.29, 0.717) is 11.7 Å². The quantitative estimate of drug-likeness (QED) is 0.477. The van der Waals surface area contributed by atoms with Gasteiger partial charge in [-0.15, -0.1) is 23.1 Å². The molecule has 0 atom stereocenters. The number of ether oxygens (including phenoxy) is 1. The van der Waals surface area contributed by atoms with Crippen molar-refractivity contribution < 1.29 is 9.53 Å². The lowest BCUT2D eigenvalue weighted by atomic mass is 10.3. The number of nitrogens with two attached hydrogens (primary N) is 1. The Morgan fingerprint density at radius 1 is 1.36 bits per heavy atom. The Morgan fingerprint density at radius 3 is 2.57 bits per heavy atom. The highest BCUT2D eigenvalue weighted by Gasteiger charge is 2.11. The van der Waals surface area contributed by atoms with Gasteiger partial charge in [-0.2, -0.15) is 0 Å². The zero-order chi connectivity index (χ0) is 20.9. The van der Waals surface area contributed by atoms with Crippen molar-refractivity contribution >= 4 is 50.5 Å². The number of thiazole rings is 1. The molecule has 0 bridgehead atoms. The minimum Gasteiger partial charge on any atom is -0.391 e. The maximum Gasteiger partial charge on any atom is 0.222 e. The number of allylic oxidation sites excluding steroid dienone is 1. The highest BCUT2D eigenvalue weighted by atomic mass is 32.2. The van der Waals surface area contributed by atoms with Gasteiger partial charge in [-0.05, 0) is 26.0 Å². The van der Waals surface area contributed by atoms with E-state index in [1.54, 1.807) is 31.1 Å². The number of carbonyl (C=O) groups is 1. The molecule has 0 aliphatic carbocycles. The first-order valence-electron chi connectivity index (χ1n) is 8.62. The smallest absolute Gasteiger partial charge is 0.222 e. The Hall–Kier alpha value is -2.14. The van der Waals surface area contributed by atoms with Crippen molar-refractivity contribution in [3.05, 3.63) is 35.1 Å². The van der Waals surface area contributed by atoms with Crippen LogP contribution in [0.5, 0.6) is 0 Å². The largest absolute Gasteiger partial charge is 0.391 e. The minimum absolute atomic E-state index is 0.149. The van der Waals surface area contributed by atoms with E-state index in [1.165, 1.54) is 18.3 Å². The fraction of sp³-hybridized carbons (Fsp3) is 0.389. The first-order chi connectivity index (χ1) is 13.4. The number of hydrogen-bond acceptors (Lipinski definition) is 9. The molecule has 2 aromatic rings. The summed E-state index contributed by atoms with van der Waals surface area (Å²) in [5.41, 5.74) is 8.37. The standard InChI is InChI=1S/C15H20N6OS2.C3H8O/c1-9(17-3)14(24-8-16)12-7-23-15(21-12)20-11-4-5-13(18-6-11)19-10(2)22;1-3-4-2/h4-7,17H,8,16H2,1-3H3,(H,20,21)(H,18,19,22);3H2,1-2H3/b14-9-;. The fourth-order valence-electron chi connectivity index (χ4n) is 1.85. The fourth-order valence-corrected chi connectivity index (χ4v) is 3.39. The average molecular weight is 425 g/mol. The molecule has 154 valence electrons. The molecule has 28 heavy (non-hydrogen) atoms. The summed E-state index contributed by atoms with van der Waals surface area (Å²) >= 11 is 3.05. The third-order valence-electron chi connectivity index (χ3n) is 3.29. The van der Waals surface area contributed by atoms with Crippen LogP contribution in [-0.4, -0.2) is 42.5 Å². The number of pyridine rings is 1. The first kappa shape index (κ1) is 23.9. The van der Waals surface area contributed by atoms with E-state index in [2.05, 4.69) is 30.7 Å². The van der Waals surface area contributed by atoms with Crippen LogP contribution < -0.4 is 21.7 Å². The first-order valence-corrected chi connectivity index (χ1v) is 10.5. The molecule has 1 amide bonds. The lowest BCUT2D eigenvalue weighted by Crippen LogP contribution is -2.07. The van der Waals surface area contributed by atoms with Gasteiger partial charge in [-0.1, -0.05) is 0 Å². The van der Waals surface area contributed by atoms with Crippen molar-refractivity contribution in [1.29, 1.82) is 0 Å². The lowest BCUT2D eigenvalue weighted by molar-refractivity contribution is -0.114. The molecular weight excluding hydrogens is 396 g/mol. The molecule has 2 aromatic heterocycles. The second kappa shape index (κ2) is 13.1. The maximum absolute atomic E-state index is 11.0. The highest BCUT2D eigenvalue weighted by Crippen LogP contribution is 2.32. The predicted octanol–water partition coefficient (Wildman–Crippen LogP) is 3.45. The molecular formula is C18H28N6O2S2. The van der Waals surface area contributed by atoms with Crippen LogP contribution in [-0.2, 0) is 9.53 Å². The average Bonchev–Trinajstić information content (AvgIpc) is 3.15. The van der Waals surface area contributed by atoms with Crippen LogP contribution in [0.3, 0.4) is 0 Å². The molecule has 0 saturated heterocycles. The molecule has 0 unspecified atom stereocenters. The van der Waals surface area contributed by atoms with Crippen LogP contribution in [0.1, 0.15) is 26.5 Å². The van der Waals surface area contributed by atoms with Crippen LogP contribution in [0.15, 0.2) is 29.4 Å². The third kappa shape index (κ3) is 8.26. The van der Waals surface area contributed by atoms with E-state index < -0.39 is 0 Å². The van der Waals surface area contributed by atoms with Crippen molar-refractivity contribution in [2.75, 3.05) is 37.3 Å². The van der Waals surface area contributed by atoms with Crippen LogP contribution in [0, 0.1) is 0 Å². The number of nitrogens with zero attached hydrogens (tertiary/aromatic N) is 2. The summed E-state index contributed by atoms with van der Waals surface area (Å²) in [6.07, 6.45) is 1.65. The van der Waals surface area contributed by atoms with Gasteiger partial charge in [0.15, 0.2) is 5.13 Å². The molecule has 10 heteroatoms. The normalized spacial score (nSPS) is 11.1. The van der Waals surface area contributed by atoms with E-state index in [1.807, 2.05) is 32.3 Å².